The van der Waals surface area contributed by atoms with Crippen LogP contribution < -0.4 is 5.32 Å². The highest BCUT2D eigenvalue weighted by Crippen LogP contribution is 2.32. The van der Waals surface area contributed by atoms with Crippen molar-refractivity contribution in [2.24, 2.45) is 0 Å². The van der Waals surface area contributed by atoms with Gasteiger partial charge in [-0.3, -0.25) is 24.6 Å². The molecular formula is C12H11N3O4. The molecule has 1 N–H and O–H groups in total. The van der Waals surface area contributed by atoms with Gasteiger partial charge >= 0.3 is 0 Å². The van der Waals surface area contributed by atoms with E-state index in [9.17, 15) is 19.7 Å². The fourth-order valence-corrected chi connectivity index (χ4v) is 2.63. The molecule has 0 bridgehead atoms. The van der Waals surface area contributed by atoms with Gasteiger partial charge in [0, 0.05) is 12.6 Å². The van der Waals surface area contributed by atoms with Gasteiger partial charge in [0.1, 0.15) is 5.56 Å². The van der Waals surface area contributed by atoms with Gasteiger partial charge in [0.25, 0.3) is 17.5 Å². The fraction of sp³-hybridized carbons (Fsp3) is 0.333. The van der Waals surface area contributed by atoms with Crippen LogP contribution in [0, 0.1) is 10.1 Å². The quantitative estimate of drug-likeness (QED) is 0.477. The van der Waals surface area contributed by atoms with Crippen molar-refractivity contribution in [3.05, 3.63) is 39.4 Å². The summed E-state index contributed by atoms with van der Waals surface area (Å²) >= 11 is 0. The summed E-state index contributed by atoms with van der Waals surface area (Å²) in [4.78, 5) is 36.0. The molecule has 19 heavy (non-hydrogen) atoms. The second-order valence-corrected chi connectivity index (χ2v) is 4.58. The minimum Gasteiger partial charge on any atom is -0.315 e. The zero-order chi connectivity index (χ0) is 13.6. The van der Waals surface area contributed by atoms with Gasteiger partial charge in [-0.2, -0.15) is 0 Å². The molecule has 0 spiro atoms. The van der Waals surface area contributed by atoms with Gasteiger partial charge in [-0.05, 0) is 19.0 Å². The lowest BCUT2D eigenvalue weighted by Gasteiger charge is -2.20. The maximum absolute atomic E-state index is 12.3. The Kier molecular flexibility index (Phi) is 2.56. The third-order valence-electron chi connectivity index (χ3n) is 3.52. The molecule has 0 saturated carbocycles. The average molecular weight is 261 g/mol. The second kappa shape index (κ2) is 4.13. The van der Waals surface area contributed by atoms with E-state index in [2.05, 4.69) is 5.32 Å². The van der Waals surface area contributed by atoms with Crippen LogP contribution in [0.1, 0.15) is 27.1 Å². The summed E-state index contributed by atoms with van der Waals surface area (Å²) in [5.41, 5.74) is -0.250. The van der Waals surface area contributed by atoms with Crippen LogP contribution in [0.5, 0.6) is 0 Å². The monoisotopic (exact) mass is 261 g/mol. The molecule has 0 radical (unpaired) electrons. The van der Waals surface area contributed by atoms with Crippen LogP contribution in [0.15, 0.2) is 18.2 Å². The Morgan fingerprint density at radius 1 is 1.32 bits per heavy atom. The predicted molar refractivity (Wildman–Crippen MR) is 64.9 cm³/mol. The number of hydrogen-bond donors (Lipinski definition) is 1. The molecule has 0 aromatic heterocycles. The van der Waals surface area contributed by atoms with E-state index in [0.717, 1.165) is 11.4 Å². The molecule has 1 fully saturated rings. The number of benzene rings is 1. The molecule has 0 aliphatic carbocycles. The van der Waals surface area contributed by atoms with E-state index in [1.165, 1.54) is 18.2 Å². The van der Waals surface area contributed by atoms with Crippen molar-refractivity contribution >= 4 is 17.5 Å². The summed E-state index contributed by atoms with van der Waals surface area (Å²) < 4.78 is 0. The molecule has 3 rings (SSSR count). The molecule has 2 aliphatic heterocycles. The van der Waals surface area contributed by atoms with E-state index in [-0.39, 0.29) is 22.9 Å². The Morgan fingerprint density at radius 2 is 2.11 bits per heavy atom. The van der Waals surface area contributed by atoms with Crippen LogP contribution in [-0.2, 0) is 0 Å². The fourth-order valence-electron chi connectivity index (χ4n) is 2.63. The highest BCUT2D eigenvalue weighted by atomic mass is 16.6. The first-order valence-electron chi connectivity index (χ1n) is 5.97. The van der Waals surface area contributed by atoms with Crippen molar-refractivity contribution in [2.45, 2.75) is 12.5 Å². The molecule has 7 heteroatoms. The second-order valence-electron chi connectivity index (χ2n) is 4.58. The number of nitrogens with zero attached hydrogens (tertiary/aromatic N) is 2. The third-order valence-corrected chi connectivity index (χ3v) is 3.52. The van der Waals surface area contributed by atoms with Crippen LogP contribution >= 0.6 is 0 Å². The Hall–Kier alpha value is -2.28. The van der Waals surface area contributed by atoms with Crippen molar-refractivity contribution in [1.82, 2.24) is 10.2 Å². The lowest BCUT2D eigenvalue weighted by Crippen LogP contribution is -2.41. The van der Waals surface area contributed by atoms with Crippen molar-refractivity contribution < 1.29 is 14.5 Å². The standard InChI is InChI=1S/C12H11N3O4/c16-11-8-2-1-3-9(15(18)19)10(8)12(17)14(11)7-4-5-13-6-7/h1-3,7,13H,4-6H2/t7-/m0/s1. The average Bonchev–Trinajstić information content (AvgIpc) is 2.98. The number of nitro benzene ring substituents is 1. The number of nitrogens with one attached hydrogen (secondary N) is 1. The number of amides is 2. The highest BCUT2D eigenvalue weighted by molar-refractivity contribution is 6.23. The van der Waals surface area contributed by atoms with Gasteiger partial charge in [0.05, 0.1) is 16.5 Å². The number of nitro groups is 1. The molecule has 2 heterocycles. The normalized spacial score (nSPS) is 21.9. The van der Waals surface area contributed by atoms with Crippen molar-refractivity contribution in [3.8, 4) is 0 Å². The number of carbonyl (C=O) groups excluding carboxylic acids is 2. The largest absolute Gasteiger partial charge is 0.315 e. The first kappa shape index (κ1) is 11.8. The lowest BCUT2D eigenvalue weighted by atomic mass is 10.1. The van der Waals surface area contributed by atoms with E-state index in [1.807, 2.05) is 0 Å². The Balaban J connectivity index is 2.09. The van der Waals surface area contributed by atoms with Gasteiger partial charge in [-0.1, -0.05) is 6.07 Å². The Morgan fingerprint density at radius 3 is 2.74 bits per heavy atom. The molecule has 98 valence electrons. The topological polar surface area (TPSA) is 92.5 Å². The molecule has 1 saturated heterocycles. The molecule has 2 aliphatic rings. The van der Waals surface area contributed by atoms with E-state index in [1.54, 1.807) is 0 Å². The minimum absolute atomic E-state index is 0.0793. The molecule has 7 nitrogen and oxygen atoms in total. The van der Waals surface area contributed by atoms with Crippen LogP contribution in [0.3, 0.4) is 0 Å². The summed E-state index contributed by atoms with van der Waals surface area (Å²) in [6, 6.07) is 3.93. The predicted octanol–water partition coefficient (Wildman–Crippen LogP) is 0.553. The molecule has 1 aromatic carbocycles. The van der Waals surface area contributed by atoms with E-state index < -0.39 is 16.7 Å². The first-order valence-corrected chi connectivity index (χ1v) is 5.97. The molecule has 1 atom stereocenters. The lowest BCUT2D eigenvalue weighted by molar-refractivity contribution is -0.385. The molecular weight excluding hydrogens is 250 g/mol. The van der Waals surface area contributed by atoms with Crippen molar-refractivity contribution in [3.63, 3.8) is 0 Å². The van der Waals surface area contributed by atoms with Crippen LogP contribution in [-0.4, -0.2) is 40.8 Å². The minimum atomic E-state index is -0.625. The number of fused-ring (bicyclic) bond motifs is 1. The smallest absolute Gasteiger partial charge is 0.282 e. The summed E-state index contributed by atoms with van der Waals surface area (Å²) in [6.07, 6.45) is 0.680. The Labute approximate surface area is 108 Å². The van der Waals surface area contributed by atoms with Gasteiger partial charge in [-0.25, -0.2) is 0 Å². The zero-order valence-corrected chi connectivity index (χ0v) is 9.96. The molecule has 2 amide bonds. The number of imide groups is 1. The van der Waals surface area contributed by atoms with Crippen molar-refractivity contribution in [2.75, 3.05) is 13.1 Å². The summed E-state index contributed by atoms with van der Waals surface area (Å²) in [5.74, 6) is -0.988. The van der Waals surface area contributed by atoms with E-state index in [0.29, 0.717) is 13.0 Å². The molecule has 1 aromatic rings. The maximum atomic E-state index is 12.3. The highest BCUT2D eigenvalue weighted by Gasteiger charge is 2.44. The van der Waals surface area contributed by atoms with Crippen LogP contribution in [0.25, 0.3) is 0 Å². The maximum Gasteiger partial charge on any atom is 0.282 e. The van der Waals surface area contributed by atoms with Crippen LogP contribution in [0.2, 0.25) is 0 Å². The van der Waals surface area contributed by atoms with Crippen LogP contribution in [0.4, 0.5) is 5.69 Å². The van der Waals surface area contributed by atoms with Gasteiger partial charge in [0.2, 0.25) is 0 Å². The first-order chi connectivity index (χ1) is 9.11. The van der Waals surface area contributed by atoms with E-state index >= 15 is 0 Å². The zero-order valence-electron chi connectivity index (χ0n) is 9.96. The number of carbonyl (C=O) groups is 2. The summed E-state index contributed by atoms with van der Waals surface area (Å²) in [7, 11) is 0. The molecule has 0 unspecified atom stereocenters. The van der Waals surface area contributed by atoms with Gasteiger partial charge in [-0.15, -0.1) is 0 Å². The Bertz CT molecular complexity index is 593. The third kappa shape index (κ3) is 1.62. The van der Waals surface area contributed by atoms with Crippen molar-refractivity contribution in [1.29, 1.82) is 0 Å². The summed E-state index contributed by atoms with van der Waals surface area (Å²) in [6.45, 7) is 1.28. The van der Waals surface area contributed by atoms with Gasteiger partial charge in [0.15, 0.2) is 0 Å². The van der Waals surface area contributed by atoms with E-state index in [4.69, 9.17) is 0 Å². The number of hydrogen-bond acceptors (Lipinski definition) is 5. The van der Waals surface area contributed by atoms with Gasteiger partial charge < -0.3 is 5.32 Å². The summed E-state index contributed by atoms with van der Waals surface area (Å²) in [5, 5.41) is 14.0. The number of rotatable bonds is 2. The SMILES string of the molecule is O=C1c2cccc([N+](=O)[O-])c2C(=O)N1[C@H]1CCNC1.